The SMILES string of the molecule is COC[C@@H](C)NC(=O)c1ccc2cc(OC)ccc2c1. The molecule has 2 aromatic rings. The van der Waals surface area contributed by atoms with Crippen LogP contribution in [-0.4, -0.2) is 32.8 Å². The zero-order chi connectivity index (χ0) is 14.5. The van der Waals surface area contributed by atoms with Crippen molar-refractivity contribution < 1.29 is 14.3 Å². The predicted octanol–water partition coefficient (Wildman–Crippen LogP) is 2.61. The molecule has 0 heterocycles. The first-order chi connectivity index (χ1) is 9.63. The second-order valence-corrected chi connectivity index (χ2v) is 4.76. The standard InChI is InChI=1S/C16H19NO3/c1-11(10-19-2)17-16(18)14-5-4-13-9-15(20-3)7-6-12(13)8-14/h4-9,11H,10H2,1-3H3,(H,17,18)/t11-/m1/s1. The van der Waals surface area contributed by atoms with Gasteiger partial charge in [0.25, 0.3) is 5.91 Å². The molecular weight excluding hydrogens is 254 g/mol. The van der Waals surface area contributed by atoms with Gasteiger partial charge in [-0.05, 0) is 42.0 Å². The molecule has 0 radical (unpaired) electrons. The third kappa shape index (κ3) is 3.27. The quantitative estimate of drug-likeness (QED) is 0.911. The van der Waals surface area contributed by atoms with Crippen LogP contribution in [0.1, 0.15) is 17.3 Å². The number of carbonyl (C=O) groups is 1. The van der Waals surface area contributed by atoms with Gasteiger partial charge in [-0.2, -0.15) is 0 Å². The molecule has 0 aliphatic carbocycles. The van der Waals surface area contributed by atoms with Gasteiger partial charge in [-0.15, -0.1) is 0 Å². The fourth-order valence-electron chi connectivity index (χ4n) is 2.09. The summed E-state index contributed by atoms with van der Waals surface area (Å²) in [5.41, 5.74) is 0.644. The highest BCUT2D eigenvalue weighted by atomic mass is 16.5. The highest BCUT2D eigenvalue weighted by Crippen LogP contribution is 2.21. The molecular formula is C16H19NO3. The number of benzene rings is 2. The summed E-state index contributed by atoms with van der Waals surface area (Å²) < 4.78 is 10.2. The normalized spacial score (nSPS) is 12.2. The lowest BCUT2D eigenvalue weighted by Crippen LogP contribution is -2.35. The molecule has 2 aromatic carbocycles. The third-order valence-corrected chi connectivity index (χ3v) is 3.10. The van der Waals surface area contributed by atoms with Gasteiger partial charge in [-0.3, -0.25) is 4.79 Å². The summed E-state index contributed by atoms with van der Waals surface area (Å²) in [5, 5.41) is 4.95. The van der Waals surface area contributed by atoms with E-state index in [-0.39, 0.29) is 11.9 Å². The zero-order valence-corrected chi connectivity index (χ0v) is 12.0. The Labute approximate surface area is 118 Å². The van der Waals surface area contributed by atoms with E-state index in [2.05, 4.69) is 5.32 Å². The number of methoxy groups -OCH3 is 2. The highest BCUT2D eigenvalue weighted by molar-refractivity contribution is 5.98. The van der Waals surface area contributed by atoms with Crippen LogP contribution in [0, 0.1) is 0 Å². The van der Waals surface area contributed by atoms with Crippen LogP contribution in [0.4, 0.5) is 0 Å². The molecule has 1 atom stereocenters. The minimum atomic E-state index is -0.0905. The Morgan fingerprint density at radius 1 is 1.15 bits per heavy atom. The maximum absolute atomic E-state index is 12.1. The van der Waals surface area contributed by atoms with Crippen LogP contribution in [0.15, 0.2) is 36.4 Å². The van der Waals surface area contributed by atoms with Gasteiger partial charge in [0, 0.05) is 18.7 Å². The second kappa shape index (κ2) is 6.39. The van der Waals surface area contributed by atoms with Crippen molar-refractivity contribution >= 4 is 16.7 Å². The zero-order valence-electron chi connectivity index (χ0n) is 12.0. The molecule has 0 aliphatic rings. The average molecular weight is 273 g/mol. The van der Waals surface area contributed by atoms with Gasteiger partial charge in [0.15, 0.2) is 0 Å². The number of hydrogen-bond acceptors (Lipinski definition) is 3. The van der Waals surface area contributed by atoms with E-state index in [0.717, 1.165) is 16.5 Å². The average Bonchev–Trinajstić information content (AvgIpc) is 2.46. The van der Waals surface area contributed by atoms with Crippen LogP contribution in [-0.2, 0) is 4.74 Å². The molecule has 0 spiro atoms. The van der Waals surface area contributed by atoms with Crippen LogP contribution >= 0.6 is 0 Å². The van der Waals surface area contributed by atoms with Gasteiger partial charge in [0.05, 0.1) is 13.7 Å². The summed E-state index contributed by atoms with van der Waals surface area (Å²) in [5.74, 6) is 0.718. The van der Waals surface area contributed by atoms with Gasteiger partial charge >= 0.3 is 0 Å². The van der Waals surface area contributed by atoms with E-state index in [4.69, 9.17) is 9.47 Å². The number of hydrogen-bond donors (Lipinski definition) is 1. The fourth-order valence-corrected chi connectivity index (χ4v) is 2.09. The van der Waals surface area contributed by atoms with Crippen molar-refractivity contribution in [2.24, 2.45) is 0 Å². The molecule has 0 aromatic heterocycles. The minimum Gasteiger partial charge on any atom is -0.497 e. The topological polar surface area (TPSA) is 47.6 Å². The minimum absolute atomic E-state index is 0.0148. The summed E-state index contributed by atoms with van der Waals surface area (Å²) in [7, 11) is 3.26. The molecule has 1 amide bonds. The van der Waals surface area contributed by atoms with Crippen molar-refractivity contribution in [1.29, 1.82) is 0 Å². The monoisotopic (exact) mass is 273 g/mol. The second-order valence-electron chi connectivity index (χ2n) is 4.76. The first-order valence-electron chi connectivity index (χ1n) is 6.51. The lowest BCUT2D eigenvalue weighted by Gasteiger charge is -2.13. The van der Waals surface area contributed by atoms with E-state index in [1.165, 1.54) is 0 Å². The maximum atomic E-state index is 12.1. The van der Waals surface area contributed by atoms with Crippen molar-refractivity contribution in [3.63, 3.8) is 0 Å². The van der Waals surface area contributed by atoms with Crippen molar-refractivity contribution in [1.82, 2.24) is 5.32 Å². The summed E-state index contributed by atoms with van der Waals surface area (Å²) in [6, 6.07) is 11.4. The van der Waals surface area contributed by atoms with Gasteiger partial charge in [-0.25, -0.2) is 0 Å². The molecule has 106 valence electrons. The molecule has 1 N–H and O–H groups in total. The molecule has 0 bridgehead atoms. The Morgan fingerprint density at radius 3 is 2.55 bits per heavy atom. The van der Waals surface area contributed by atoms with Crippen molar-refractivity contribution in [3.05, 3.63) is 42.0 Å². The molecule has 0 fully saturated rings. The van der Waals surface area contributed by atoms with E-state index in [0.29, 0.717) is 12.2 Å². The molecule has 4 heteroatoms. The molecule has 0 saturated heterocycles. The Morgan fingerprint density at radius 2 is 1.85 bits per heavy atom. The summed E-state index contributed by atoms with van der Waals surface area (Å²) in [6.07, 6.45) is 0. The van der Waals surface area contributed by atoms with Crippen LogP contribution in [0.25, 0.3) is 10.8 Å². The summed E-state index contributed by atoms with van der Waals surface area (Å²) in [4.78, 5) is 12.1. The maximum Gasteiger partial charge on any atom is 0.251 e. The van der Waals surface area contributed by atoms with Crippen LogP contribution in [0.5, 0.6) is 5.75 Å². The van der Waals surface area contributed by atoms with E-state index in [9.17, 15) is 4.79 Å². The Bertz CT molecular complexity index is 610. The third-order valence-electron chi connectivity index (χ3n) is 3.10. The smallest absolute Gasteiger partial charge is 0.251 e. The van der Waals surface area contributed by atoms with Gasteiger partial charge < -0.3 is 14.8 Å². The lowest BCUT2D eigenvalue weighted by molar-refractivity contribution is 0.0905. The van der Waals surface area contributed by atoms with E-state index >= 15 is 0 Å². The number of fused-ring (bicyclic) bond motifs is 1. The molecule has 2 rings (SSSR count). The van der Waals surface area contributed by atoms with Gasteiger partial charge in [0.1, 0.15) is 5.75 Å². The Balaban J connectivity index is 2.21. The van der Waals surface area contributed by atoms with E-state index in [1.54, 1.807) is 14.2 Å². The van der Waals surface area contributed by atoms with Crippen molar-refractivity contribution in [2.75, 3.05) is 20.8 Å². The molecule has 0 unspecified atom stereocenters. The number of amides is 1. The Hall–Kier alpha value is -2.07. The van der Waals surface area contributed by atoms with Gasteiger partial charge in [-0.1, -0.05) is 12.1 Å². The van der Waals surface area contributed by atoms with Crippen LogP contribution < -0.4 is 10.1 Å². The van der Waals surface area contributed by atoms with Gasteiger partial charge in [0.2, 0.25) is 0 Å². The molecule has 0 saturated carbocycles. The number of ether oxygens (including phenoxy) is 2. The number of nitrogens with one attached hydrogen (secondary N) is 1. The molecule has 20 heavy (non-hydrogen) atoms. The highest BCUT2D eigenvalue weighted by Gasteiger charge is 2.10. The first kappa shape index (κ1) is 14.3. The predicted molar refractivity (Wildman–Crippen MR) is 79.3 cm³/mol. The van der Waals surface area contributed by atoms with E-state index < -0.39 is 0 Å². The first-order valence-corrected chi connectivity index (χ1v) is 6.51. The lowest BCUT2D eigenvalue weighted by atomic mass is 10.1. The van der Waals surface area contributed by atoms with Crippen molar-refractivity contribution in [3.8, 4) is 5.75 Å². The van der Waals surface area contributed by atoms with Crippen molar-refractivity contribution in [2.45, 2.75) is 13.0 Å². The number of carbonyl (C=O) groups excluding carboxylic acids is 1. The fraction of sp³-hybridized carbons (Fsp3) is 0.312. The van der Waals surface area contributed by atoms with E-state index in [1.807, 2.05) is 43.3 Å². The molecule has 0 aliphatic heterocycles. The van der Waals surface area contributed by atoms with Crippen LogP contribution in [0.2, 0.25) is 0 Å². The number of rotatable bonds is 5. The summed E-state index contributed by atoms with van der Waals surface area (Å²) in [6.45, 7) is 2.41. The Kier molecular flexibility index (Phi) is 4.58. The van der Waals surface area contributed by atoms with Crippen LogP contribution in [0.3, 0.4) is 0 Å². The summed E-state index contributed by atoms with van der Waals surface area (Å²) >= 11 is 0. The molecule has 4 nitrogen and oxygen atoms in total. The largest absolute Gasteiger partial charge is 0.497 e.